The molecular formula is C11H20O3. The molecule has 0 aromatic rings. The van der Waals surface area contributed by atoms with Crippen molar-refractivity contribution in [2.45, 2.75) is 40.4 Å². The molecule has 0 aliphatic heterocycles. The van der Waals surface area contributed by atoms with Gasteiger partial charge in [0.1, 0.15) is 0 Å². The van der Waals surface area contributed by atoms with Crippen LogP contribution in [0, 0.1) is 5.92 Å². The number of esters is 1. The summed E-state index contributed by atoms with van der Waals surface area (Å²) in [6, 6.07) is 0. The Morgan fingerprint density at radius 1 is 1.43 bits per heavy atom. The van der Waals surface area contributed by atoms with E-state index in [0.717, 1.165) is 6.42 Å². The number of hydrogen-bond acceptors (Lipinski definition) is 3. The van der Waals surface area contributed by atoms with Gasteiger partial charge in [-0.3, -0.25) is 0 Å². The van der Waals surface area contributed by atoms with Crippen LogP contribution in [0.15, 0.2) is 12.2 Å². The highest BCUT2D eigenvalue weighted by Crippen LogP contribution is 2.10. The van der Waals surface area contributed by atoms with Crippen LogP contribution in [0.5, 0.6) is 0 Å². The van der Waals surface area contributed by atoms with Crippen molar-refractivity contribution in [1.29, 1.82) is 0 Å². The molecule has 3 heteroatoms. The molecule has 0 aromatic carbocycles. The maximum Gasteiger partial charge on any atom is 0.335 e. The molecule has 1 atom stereocenters. The van der Waals surface area contributed by atoms with Crippen molar-refractivity contribution in [2.24, 2.45) is 5.92 Å². The molecular weight excluding hydrogens is 180 g/mol. The molecule has 1 unspecified atom stereocenters. The molecule has 82 valence electrons. The lowest BCUT2D eigenvalue weighted by molar-refractivity contribution is -0.184. The lowest BCUT2D eigenvalue weighted by Crippen LogP contribution is -2.27. The van der Waals surface area contributed by atoms with Crippen LogP contribution >= 0.6 is 0 Å². The molecule has 0 N–H and O–H groups in total. The van der Waals surface area contributed by atoms with E-state index in [2.05, 4.69) is 6.58 Å². The normalized spacial score (nSPS) is 12.6. The lowest BCUT2D eigenvalue weighted by Gasteiger charge is -2.21. The van der Waals surface area contributed by atoms with Crippen LogP contribution < -0.4 is 0 Å². The quantitative estimate of drug-likeness (QED) is 0.375. The second-order valence-corrected chi connectivity index (χ2v) is 3.67. The summed E-state index contributed by atoms with van der Waals surface area (Å²) in [5.41, 5.74) is 0.399. The predicted molar refractivity (Wildman–Crippen MR) is 55.8 cm³/mol. The van der Waals surface area contributed by atoms with Crippen molar-refractivity contribution in [3.05, 3.63) is 12.2 Å². The Labute approximate surface area is 86.1 Å². The molecule has 3 nitrogen and oxygen atoms in total. The minimum Gasteiger partial charge on any atom is -0.432 e. The van der Waals surface area contributed by atoms with Crippen molar-refractivity contribution in [3.8, 4) is 0 Å². The average Bonchev–Trinajstić information content (AvgIpc) is 2.10. The van der Waals surface area contributed by atoms with E-state index >= 15 is 0 Å². The standard InChI is InChI=1S/C11H20O3/c1-6-7-13-11(9(4)5)14-10(12)8(2)3/h9,11H,2,6-7H2,1,3-5H3. The van der Waals surface area contributed by atoms with Gasteiger partial charge < -0.3 is 9.47 Å². The Bertz CT molecular complexity index is 197. The predicted octanol–water partition coefficient (Wildman–Crippen LogP) is 2.51. The number of rotatable bonds is 6. The average molecular weight is 200 g/mol. The number of hydrogen-bond donors (Lipinski definition) is 0. The molecule has 0 amide bonds. The first-order chi connectivity index (χ1) is 6.49. The van der Waals surface area contributed by atoms with Gasteiger partial charge in [-0.15, -0.1) is 0 Å². The molecule has 0 spiro atoms. The van der Waals surface area contributed by atoms with Crippen LogP contribution in [0.3, 0.4) is 0 Å². The summed E-state index contributed by atoms with van der Waals surface area (Å²) in [6.07, 6.45) is 0.451. The van der Waals surface area contributed by atoms with Crippen molar-refractivity contribution in [1.82, 2.24) is 0 Å². The minimum atomic E-state index is -0.459. The molecule has 0 aliphatic rings. The zero-order chi connectivity index (χ0) is 11.1. The van der Waals surface area contributed by atoms with Gasteiger partial charge in [0.25, 0.3) is 0 Å². The van der Waals surface area contributed by atoms with Gasteiger partial charge in [-0.2, -0.15) is 0 Å². The number of carbonyl (C=O) groups excluding carboxylic acids is 1. The Hall–Kier alpha value is -0.830. The molecule has 0 bridgehead atoms. The summed E-state index contributed by atoms with van der Waals surface area (Å²) >= 11 is 0. The fourth-order valence-electron chi connectivity index (χ4n) is 0.803. The second-order valence-electron chi connectivity index (χ2n) is 3.67. The first kappa shape index (κ1) is 13.2. The summed E-state index contributed by atoms with van der Waals surface area (Å²) in [6.45, 7) is 11.7. The van der Waals surface area contributed by atoms with Crippen molar-refractivity contribution in [3.63, 3.8) is 0 Å². The summed E-state index contributed by atoms with van der Waals surface area (Å²) in [5, 5.41) is 0. The highest BCUT2D eigenvalue weighted by atomic mass is 16.7. The molecule has 14 heavy (non-hydrogen) atoms. The molecule has 0 aromatic heterocycles. The summed E-state index contributed by atoms with van der Waals surface area (Å²) < 4.78 is 10.5. The fraction of sp³-hybridized carbons (Fsp3) is 0.727. The topological polar surface area (TPSA) is 35.5 Å². The second kappa shape index (κ2) is 6.60. The minimum absolute atomic E-state index is 0.157. The summed E-state index contributed by atoms with van der Waals surface area (Å²) in [4.78, 5) is 11.2. The highest BCUT2D eigenvalue weighted by molar-refractivity contribution is 5.87. The molecule has 0 aliphatic carbocycles. The van der Waals surface area contributed by atoms with E-state index in [1.165, 1.54) is 0 Å². The first-order valence-corrected chi connectivity index (χ1v) is 4.97. The van der Waals surface area contributed by atoms with Gasteiger partial charge in [-0.1, -0.05) is 27.4 Å². The van der Waals surface area contributed by atoms with Gasteiger partial charge in [0.2, 0.25) is 6.29 Å². The van der Waals surface area contributed by atoms with Crippen molar-refractivity contribution in [2.75, 3.05) is 6.61 Å². The molecule has 0 saturated heterocycles. The van der Waals surface area contributed by atoms with E-state index in [1.807, 2.05) is 20.8 Å². The van der Waals surface area contributed by atoms with Gasteiger partial charge >= 0.3 is 5.97 Å². The lowest BCUT2D eigenvalue weighted by atomic mass is 10.2. The zero-order valence-corrected chi connectivity index (χ0v) is 9.50. The number of ether oxygens (including phenoxy) is 2. The fourth-order valence-corrected chi connectivity index (χ4v) is 0.803. The van der Waals surface area contributed by atoms with E-state index in [0.29, 0.717) is 12.2 Å². The van der Waals surface area contributed by atoms with Crippen molar-refractivity contribution >= 4 is 5.97 Å². The molecule has 0 heterocycles. The molecule has 0 rings (SSSR count). The smallest absolute Gasteiger partial charge is 0.335 e. The number of carbonyl (C=O) groups is 1. The summed E-state index contributed by atoms with van der Waals surface area (Å²) in [7, 11) is 0. The third-order valence-corrected chi connectivity index (χ3v) is 1.60. The SMILES string of the molecule is C=C(C)C(=O)OC(OCCC)C(C)C. The van der Waals surface area contributed by atoms with Gasteiger partial charge in [0.05, 0.1) is 6.61 Å². The van der Waals surface area contributed by atoms with Crippen LogP contribution in [0.25, 0.3) is 0 Å². The van der Waals surface area contributed by atoms with Crippen LogP contribution in [0.4, 0.5) is 0 Å². The van der Waals surface area contributed by atoms with Crippen LogP contribution in [0.2, 0.25) is 0 Å². The third kappa shape index (κ3) is 5.02. The largest absolute Gasteiger partial charge is 0.432 e. The van der Waals surface area contributed by atoms with Crippen molar-refractivity contribution < 1.29 is 14.3 Å². The Morgan fingerprint density at radius 3 is 2.36 bits per heavy atom. The zero-order valence-electron chi connectivity index (χ0n) is 9.50. The van der Waals surface area contributed by atoms with Crippen LogP contribution in [-0.4, -0.2) is 18.9 Å². The Balaban J connectivity index is 4.09. The maximum atomic E-state index is 11.2. The van der Waals surface area contributed by atoms with Crippen LogP contribution in [0.1, 0.15) is 34.1 Å². The first-order valence-electron chi connectivity index (χ1n) is 4.97. The molecule has 0 saturated carbocycles. The van der Waals surface area contributed by atoms with E-state index in [4.69, 9.17) is 9.47 Å². The van der Waals surface area contributed by atoms with Gasteiger partial charge in [0.15, 0.2) is 0 Å². The molecule has 0 radical (unpaired) electrons. The van der Waals surface area contributed by atoms with Crippen LogP contribution in [-0.2, 0) is 14.3 Å². The third-order valence-electron chi connectivity index (χ3n) is 1.60. The van der Waals surface area contributed by atoms with Gasteiger partial charge in [-0.25, -0.2) is 4.79 Å². The monoisotopic (exact) mass is 200 g/mol. The van der Waals surface area contributed by atoms with E-state index in [1.54, 1.807) is 6.92 Å². The summed E-state index contributed by atoms with van der Waals surface area (Å²) in [5.74, 6) is -0.232. The maximum absolute atomic E-state index is 11.2. The van der Waals surface area contributed by atoms with Gasteiger partial charge in [0, 0.05) is 11.5 Å². The highest BCUT2D eigenvalue weighted by Gasteiger charge is 2.18. The Kier molecular flexibility index (Phi) is 6.21. The van der Waals surface area contributed by atoms with E-state index < -0.39 is 6.29 Å². The Morgan fingerprint density at radius 2 is 2.00 bits per heavy atom. The van der Waals surface area contributed by atoms with Gasteiger partial charge in [-0.05, 0) is 13.3 Å². The molecule has 0 fully saturated rings. The van der Waals surface area contributed by atoms with E-state index in [9.17, 15) is 4.79 Å². The van der Waals surface area contributed by atoms with E-state index in [-0.39, 0.29) is 11.9 Å².